The van der Waals surface area contributed by atoms with Crippen molar-refractivity contribution in [2.75, 3.05) is 44.7 Å². The SMILES string of the molecule is CCC1(CNC(=NC)N2CCN(c3ccccn3)CC2)CCCC1.I. The lowest BCUT2D eigenvalue weighted by molar-refractivity contribution is 0.275. The Kier molecular flexibility index (Phi) is 7.78. The van der Waals surface area contributed by atoms with Crippen LogP contribution in [0.2, 0.25) is 0 Å². The Morgan fingerprint density at radius 3 is 2.48 bits per heavy atom. The van der Waals surface area contributed by atoms with Gasteiger partial charge in [0, 0.05) is 46.0 Å². The van der Waals surface area contributed by atoms with Crippen molar-refractivity contribution < 1.29 is 0 Å². The fourth-order valence-corrected chi connectivity index (χ4v) is 4.07. The number of nitrogens with one attached hydrogen (secondary N) is 1. The number of anilines is 1. The monoisotopic (exact) mass is 457 g/mol. The first kappa shape index (κ1) is 20.3. The molecule has 1 aromatic rings. The average molecular weight is 457 g/mol. The van der Waals surface area contributed by atoms with Gasteiger partial charge >= 0.3 is 0 Å². The quantitative estimate of drug-likeness (QED) is 0.428. The first-order valence-electron chi connectivity index (χ1n) is 9.38. The number of rotatable bonds is 4. The Hall–Kier alpha value is -1.05. The van der Waals surface area contributed by atoms with Crippen LogP contribution in [0.1, 0.15) is 39.0 Å². The van der Waals surface area contributed by atoms with Gasteiger partial charge in [-0.05, 0) is 36.8 Å². The molecular weight excluding hydrogens is 425 g/mol. The summed E-state index contributed by atoms with van der Waals surface area (Å²) in [6.45, 7) is 7.38. The smallest absolute Gasteiger partial charge is 0.193 e. The fraction of sp³-hybridized carbons (Fsp3) is 0.684. The highest BCUT2D eigenvalue weighted by Gasteiger charge is 2.32. The van der Waals surface area contributed by atoms with Crippen molar-refractivity contribution in [3.63, 3.8) is 0 Å². The molecule has 140 valence electrons. The molecule has 0 amide bonds. The van der Waals surface area contributed by atoms with Crippen molar-refractivity contribution in [2.24, 2.45) is 10.4 Å². The van der Waals surface area contributed by atoms with Crippen LogP contribution in [0.15, 0.2) is 29.4 Å². The minimum atomic E-state index is 0. The fourth-order valence-electron chi connectivity index (χ4n) is 4.07. The first-order valence-corrected chi connectivity index (χ1v) is 9.38. The van der Waals surface area contributed by atoms with E-state index < -0.39 is 0 Å². The van der Waals surface area contributed by atoms with Crippen LogP contribution in [0, 0.1) is 5.41 Å². The van der Waals surface area contributed by atoms with Crippen LogP contribution >= 0.6 is 24.0 Å². The van der Waals surface area contributed by atoms with E-state index in [0.717, 1.165) is 44.5 Å². The van der Waals surface area contributed by atoms with Gasteiger partial charge in [-0.1, -0.05) is 25.8 Å². The van der Waals surface area contributed by atoms with E-state index in [1.807, 2.05) is 19.3 Å². The predicted molar refractivity (Wildman–Crippen MR) is 116 cm³/mol. The average Bonchev–Trinajstić information content (AvgIpc) is 3.13. The van der Waals surface area contributed by atoms with Crippen LogP contribution in [-0.2, 0) is 0 Å². The van der Waals surface area contributed by atoms with E-state index in [2.05, 4.69) is 44.1 Å². The van der Waals surface area contributed by atoms with Gasteiger partial charge in [0.1, 0.15) is 5.82 Å². The lowest BCUT2D eigenvalue weighted by atomic mass is 9.83. The van der Waals surface area contributed by atoms with Crippen molar-refractivity contribution in [1.82, 2.24) is 15.2 Å². The van der Waals surface area contributed by atoms with Gasteiger partial charge in [0.25, 0.3) is 0 Å². The zero-order chi connectivity index (χ0) is 16.8. The van der Waals surface area contributed by atoms with E-state index in [1.165, 1.54) is 32.1 Å². The van der Waals surface area contributed by atoms with Gasteiger partial charge in [-0.25, -0.2) is 4.98 Å². The zero-order valence-electron chi connectivity index (χ0n) is 15.6. The highest BCUT2D eigenvalue weighted by atomic mass is 127. The second-order valence-electron chi connectivity index (χ2n) is 7.12. The Morgan fingerprint density at radius 1 is 1.20 bits per heavy atom. The summed E-state index contributed by atoms with van der Waals surface area (Å²) in [5.41, 5.74) is 0.492. The van der Waals surface area contributed by atoms with Crippen molar-refractivity contribution in [2.45, 2.75) is 39.0 Å². The Morgan fingerprint density at radius 2 is 1.92 bits per heavy atom. The Balaban J connectivity index is 0.00000225. The summed E-state index contributed by atoms with van der Waals surface area (Å²) in [5.74, 6) is 2.14. The molecule has 0 atom stereocenters. The molecule has 0 aromatic carbocycles. The predicted octanol–water partition coefficient (Wildman–Crippen LogP) is 3.37. The van der Waals surface area contributed by atoms with Crippen molar-refractivity contribution >= 4 is 35.8 Å². The third kappa shape index (κ3) is 4.99. The molecule has 2 fully saturated rings. The van der Waals surface area contributed by atoms with Crippen LogP contribution in [0.4, 0.5) is 5.82 Å². The van der Waals surface area contributed by atoms with Crippen molar-refractivity contribution in [3.8, 4) is 0 Å². The molecule has 5 nitrogen and oxygen atoms in total. The lowest BCUT2D eigenvalue weighted by Crippen LogP contribution is -2.53. The second-order valence-corrected chi connectivity index (χ2v) is 7.12. The van der Waals surface area contributed by atoms with Crippen LogP contribution < -0.4 is 10.2 Å². The second kappa shape index (κ2) is 9.59. The van der Waals surface area contributed by atoms with Gasteiger partial charge < -0.3 is 15.1 Å². The molecule has 0 spiro atoms. The van der Waals surface area contributed by atoms with E-state index >= 15 is 0 Å². The summed E-state index contributed by atoms with van der Waals surface area (Å²) < 4.78 is 0. The van der Waals surface area contributed by atoms with E-state index in [9.17, 15) is 0 Å². The summed E-state index contributed by atoms with van der Waals surface area (Å²) in [5, 5.41) is 3.67. The molecule has 1 N–H and O–H groups in total. The Labute approximate surface area is 169 Å². The molecule has 1 saturated heterocycles. The third-order valence-corrected chi connectivity index (χ3v) is 5.80. The molecule has 25 heavy (non-hydrogen) atoms. The molecular formula is C19H32IN5. The molecule has 3 rings (SSSR count). The summed E-state index contributed by atoms with van der Waals surface area (Å²) >= 11 is 0. The summed E-state index contributed by atoms with van der Waals surface area (Å²) in [6.07, 6.45) is 8.63. The molecule has 6 heteroatoms. The van der Waals surface area contributed by atoms with Crippen LogP contribution in [-0.4, -0.2) is 55.6 Å². The van der Waals surface area contributed by atoms with E-state index in [4.69, 9.17) is 0 Å². The first-order chi connectivity index (χ1) is 11.8. The summed E-state index contributed by atoms with van der Waals surface area (Å²) in [7, 11) is 1.90. The zero-order valence-corrected chi connectivity index (χ0v) is 17.9. The van der Waals surface area contributed by atoms with Crippen molar-refractivity contribution in [3.05, 3.63) is 24.4 Å². The summed E-state index contributed by atoms with van der Waals surface area (Å²) in [4.78, 5) is 13.7. The van der Waals surface area contributed by atoms with Gasteiger partial charge in [0.2, 0.25) is 0 Å². The standard InChI is InChI=1S/C19H31N5.HI/c1-3-19(9-5-6-10-19)16-22-18(20-2)24-14-12-23(13-15-24)17-8-4-7-11-21-17;/h4,7-8,11H,3,5-6,9-10,12-16H2,1-2H3,(H,20,22);1H. The highest BCUT2D eigenvalue weighted by molar-refractivity contribution is 14.0. The van der Waals surface area contributed by atoms with Crippen LogP contribution in [0.25, 0.3) is 0 Å². The number of hydrogen-bond acceptors (Lipinski definition) is 3. The van der Waals surface area contributed by atoms with Gasteiger partial charge in [0.05, 0.1) is 0 Å². The van der Waals surface area contributed by atoms with Gasteiger partial charge in [-0.15, -0.1) is 24.0 Å². The lowest BCUT2D eigenvalue weighted by Gasteiger charge is -2.38. The number of halogens is 1. The number of guanidine groups is 1. The van der Waals surface area contributed by atoms with Crippen LogP contribution in [0.5, 0.6) is 0 Å². The molecule has 1 saturated carbocycles. The number of nitrogens with zero attached hydrogens (tertiary/aromatic N) is 4. The number of pyridine rings is 1. The van der Waals surface area contributed by atoms with Crippen LogP contribution in [0.3, 0.4) is 0 Å². The largest absolute Gasteiger partial charge is 0.356 e. The maximum atomic E-state index is 4.53. The van der Waals surface area contributed by atoms with Gasteiger partial charge in [-0.2, -0.15) is 0 Å². The molecule has 0 unspecified atom stereocenters. The molecule has 1 aliphatic carbocycles. The third-order valence-electron chi connectivity index (χ3n) is 5.80. The maximum absolute atomic E-state index is 4.53. The Bertz CT molecular complexity index is 534. The molecule has 2 aliphatic rings. The van der Waals surface area contributed by atoms with Gasteiger partial charge in [0.15, 0.2) is 5.96 Å². The minimum Gasteiger partial charge on any atom is -0.356 e. The van der Waals surface area contributed by atoms with E-state index in [1.54, 1.807) is 0 Å². The topological polar surface area (TPSA) is 43.8 Å². The van der Waals surface area contributed by atoms with Crippen molar-refractivity contribution in [1.29, 1.82) is 0 Å². The van der Waals surface area contributed by atoms with E-state index in [0.29, 0.717) is 5.41 Å². The number of aliphatic imine (C=N–C) groups is 1. The normalized spacial score (nSPS) is 20.3. The molecule has 2 heterocycles. The molecule has 0 bridgehead atoms. The molecule has 0 radical (unpaired) electrons. The van der Waals surface area contributed by atoms with E-state index in [-0.39, 0.29) is 24.0 Å². The molecule has 1 aromatic heterocycles. The number of hydrogen-bond donors (Lipinski definition) is 1. The van der Waals surface area contributed by atoms with Gasteiger partial charge in [-0.3, -0.25) is 4.99 Å². The minimum absolute atomic E-state index is 0. The number of aromatic nitrogens is 1. The number of piperazine rings is 1. The highest BCUT2D eigenvalue weighted by Crippen LogP contribution is 2.40. The maximum Gasteiger partial charge on any atom is 0.193 e. The molecule has 1 aliphatic heterocycles. The summed E-state index contributed by atoms with van der Waals surface area (Å²) in [6, 6.07) is 6.12.